The van der Waals surface area contributed by atoms with Gasteiger partial charge in [0.05, 0.1) is 27.5 Å². The molecule has 2 atom stereocenters. The van der Waals surface area contributed by atoms with Gasteiger partial charge in [-0.15, -0.1) is 0 Å². The smallest absolute Gasteiger partial charge is 0.0725 e. The van der Waals surface area contributed by atoms with Crippen LogP contribution in [0.4, 0.5) is 17.1 Å². The summed E-state index contributed by atoms with van der Waals surface area (Å²) in [7, 11) is 0. The van der Waals surface area contributed by atoms with Crippen molar-refractivity contribution in [3.8, 4) is 78.1 Å². The highest BCUT2D eigenvalue weighted by molar-refractivity contribution is 6.13. The van der Waals surface area contributed by atoms with Crippen molar-refractivity contribution in [2.45, 2.75) is 59.3 Å². The highest BCUT2D eigenvalue weighted by Crippen LogP contribution is 2.64. The summed E-state index contributed by atoms with van der Waals surface area (Å²) in [6.45, 7) is 14.3. The fraction of sp³-hybridized carbons (Fsp3) is 0.116. The van der Waals surface area contributed by atoms with E-state index in [0.29, 0.717) is 5.92 Å². The van der Waals surface area contributed by atoms with Gasteiger partial charge in [-0.3, -0.25) is 0 Å². The minimum Gasteiger partial charge on any atom is -0.310 e. The molecule has 2 aliphatic carbocycles. The van der Waals surface area contributed by atoms with Crippen LogP contribution in [0, 0.1) is 10.8 Å². The molecule has 0 saturated carbocycles. The van der Waals surface area contributed by atoms with Crippen LogP contribution in [-0.4, -0.2) is 9.13 Å². The van der Waals surface area contributed by atoms with Gasteiger partial charge in [-0.05, 0) is 221 Å². The van der Waals surface area contributed by atoms with Crippen molar-refractivity contribution in [1.29, 1.82) is 0 Å². The second-order valence-electron chi connectivity index (χ2n) is 29.5. The van der Waals surface area contributed by atoms with Crippen molar-refractivity contribution in [3.63, 3.8) is 0 Å². The Bertz CT molecular complexity index is 5750. The Morgan fingerprint density at radius 3 is 1.20 bits per heavy atom. The first kappa shape index (κ1) is 59.0. The van der Waals surface area contributed by atoms with Crippen molar-refractivity contribution >= 4 is 60.7 Å². The lowest BCUT2D eigenvalue weighted by Crippen LogP contribution is -2.26. The summed E-state index contributed by atoms with van der Waals surface area (Å²) in [5.74, 6) is 0.449. The van der Waals surface area contributed by atoms with E-state index in [-0.39, 0.29) is 10.8 Å². The fourth-order valence-electron chi connectivity index (χ4n) is 16.8. The van der Waals surface area contributed by atoms with Gasteiger partial charge in [0.1, 0.15) is 0 Å². The number of hydrogen-bond donors (Lipinski definition) is 0. The molecular weight excluding hydrogens is 1180 g/mol. The van der Waals surface area contributed by atoms with Gasteiger partial charge in [0.15, 0.2) is 0 Å². The number of anilines is 3. The molecule has 0 fully saturated rings. The van der Waals surface area contributed by atoms with Crippen LogP contribution in [0.1, 0.15) is 81.7 Å². The molecule has 0 N–H and O–H groups in total. The number of nitrogens with zero attached hydrogens (tertiary/aromatic N) is 3. The Kier molecular flexibility index (Phi) is 13.7. The number of rotatable bonds is 11. The zero-order valence-electron chi connectivity index (χ0n) is 56.3. The van der Waals surface area contributed by atoms with E-state index < -0.39 is 5.41 Å². The molecule has 1 spiro atoms. The van der Waals surface area contributed by atoms with Crippen LogP contribution in [-0.2, 0) is 5.41 Å². The summed E-state index contributed by atoms with van der Waals surface area (Å²) in [5, 5.41) is 4.88. The second kappa shape index (κ2) is 22.8. The molecule has 0 saturated heterocycles. The molecule has 14 aromatic carbocycles. The van der Waals surface area contributed by atoms with Gasteiger partial charge in [0.2, 0.25) is 0 Å². The Morgan fingerprint density at radius 2 is 0.663 bits per heavy atom. The maximum Gasteiger partial charge on any atom is 0.0725 e. The summed E-state index contributed by atoms with van der Waals surface area (Å²) >= 11 is 0. The van der Waals surface area contributed by atoms with E-state index in [9.17, 15) is 0 Å². The molecule has 2 unspecified atom stereocenters. The van der Waals surface area contributed by atoms with Crippen LogP contribution in [0.5, 0.6) is 0 Å². The van der Waals surface area contributed by atoms with Gasteiger partial charge >= 0.3 is 0 Å². The lowest BCUT2D eigenvalue weighted by atomic mass is 9.69. The summed E-state index contributed by atoms with van der Waals surface area (Å²) in [6, 6.07) is 123. The maximum atomic E-state index is 2.54. The third-order valence-corrected chi connectivity index (χ3v) is 21.3. The summed E-state index contributed by atoms with van der Waals surface area (Å²) in [6.07, 6.45) is 1.13. The number of para-hydroxylation sites is 3. The van der Waals surface area contributed by atoms with E-state index in [1.165, 1.54) is 122 Å². The van der Waals surface area contributed by atoms with Gasteiger partial charge < -0.3 is 14.0 Å². The first-order valence-electron chi connectivity index (χ1n) is 34.7. The normalized spacial score (nSPS) is 14.3. The molecule has 470 valence electrons. The average molecular weight is 1260 g/mol. The second-order valence-corrected chi connectivity index (χ2v) is 29.5. The SMILES string of the molecule is CC(C)(C)CC(c1ccc(-c2ccc3c(c2)C2(c4ccccc4-3)c3ccccc3-c3ccc(-c4ccc5c(c4)c4cc(-c6ccc(N(c7ccc(-c8ccccc8)cc7)c7ccc8c9ccccc9n(-c9ccccc9)c8c7)cc6)ccc4n5-c4ccccc4)cc32)cc1)C(C)(C)C. The molecule has 3 nitrogen and oxygen atoms in total. The van der Waals surface area contributed by atoms with Gasteiger partial charge in [0, 0.05) is 50.0 Å². The van der Waals surface area contributed by atoms with Gasteiger partial charge in [0.25, 0.3) is 0 Å². The first-order valence-corrected chi connectivity index (χ1v) is 34.7. The van der Waals surface area contributed by atoms with Gasteiger partial charge in [-0.2, -0.15) is 0 Å². The third kappa shape index (κ3) is 9.61. The van der Waals surface area contributed by atoms with Crippen LogP contribution < -0.4 is 4.90 Å². The van der Waals surface area contributed by atoms with Crippen LogP contribution in [0.2, 0.25) is 0 Å². The molecule has 2 aliphatic rings. The van der Waals surface area contributed by atoms with E-state index >= 15 is 0 Å². The Hall–Kier alpha value is -11.5. The van der Waals surface area contributed by atoms with Crippen molar-refractivity contribution in [3.05, 3.63) is 355 Å². The van der Waals surface area contributed by atoms with Crippen LogP contribution >= 0.6 is 0 Å². The van der Waals surface area contributed by atoms with E-state index in [1.807, 2.05) is 0 Å². The number of hydrogen-bond acceptors (Lipinski definition) is 1. The standard InChI is InChI=1S/C95H75N3/c1-93(2,3)61-88(94(4,5)6)66-36-34-64(35-37-66)69-42-51-78-76-28-16-19-31-84(76)95(86(78)58-69)85-32-20-17-29-77(85)79-52-43-70(59-87(79)95)68-45-55-91-83(57-68)82-56-67(44-54-90(82)97(91)71-24-12-8-13-25-71)65-40-48-74(49-41-65)96(73-46-38-63(39-47-73)62-22-10-7-11-23-62)75-50-53-81-80-30-18-21-33-89(80)98(92(81)60-75)72-26-14-9-15-27-72/h7-60,88H,61H2,1-6H3. The van der Waals surface area contributed by atoms with Crippen molar-refractivity contribution in [2.75, 3.05) is 4.90 Å². The van der Waals surface area contributed by atoms with E-state index in [0.717, 1.165) is 51.5 Å². The zero-order chi connectivity index (χ0) is 66.0. The highest BCUT2D eigenvalue weighted by atomic mass is 15.1. The zero-order valence-corrected chi connectivity index (χ0v) is 56.3. The monoisotopic (exact) mass is 1260 g/mol. The van der Waals surface area contributed by atoms with Crippen molar-refractivity contribution in [2.24, 2.45) is 10.8 Å². The lowest BCUT2D eigenvalue weighted by molar-refractivity contribution is 0.229. The fourth-order valence-corrected chi connectivity index (χ4v) is 16.8. The molecule has 0 radical (unpaired) electrons. The summed E-state index contributed by atoms with van der Waals surface area (Å²) in [4.78, 5) is 2.40. The average Bonchev–Trinajstić information content (AvgIpc) is 1.51. The Labute approximate surface area is 574 Å². The van der Waals surface area contributed by atoms with Crippen LogP contribution in [0.3, 0.4) is 0 Å². The van der Waals surface area contributed by atoms with Crippen molar-refractivity contribution in [1.82, 2.24) is 9.13 Å². The third-order valence-electron chi connectivity index (χ3n) is 21.3. The number of benzene rings is 14. The van der Waals surface area contributed by atoms with Crippen molar-refractivity contribution < 1.29 is 0 Å². The quantitative estimate of drug-likeness (QED) is 0.126. The summed E-state index contributed by atoms with van der Waals surface area (Å²) < 4.78 is 4.85. The molecule has 3 heteroatoms. The Morgan fingerprint density at radius 1 is 0.286 bits per heavy atom. The Balaban J connectivity index is 0.750. The minimum absolute atomic E-state index is 0.143. The van der Waals surface area contributed by atoms with E-state index in [1.54, 1.807) is 0 Å². The molecular formula is C95H75N3. The largest absolute Gasteiger partial charge is 0.310 e. The van der Waals surface area contributed by atoms with Gasteiger partial charge in [-0.1, -0.05) is 266 Å². The maximum absolute atomic E-state index is 2.54. The first-order chi connectivity index (χ1) is 47.8. The minimum atomic E-state index is -0.521. The van der Waals surface area contributed by atoms with Crippen LogP contribution in [0.15, 0.2) is 328 Å². The predicted molar refractivity (Wildman–Crippen MR) is 414 cm³/mol. The predicted octanol–water partition coefficient (Wildman–Crippen LogP) is 25.9. The number of aromatic nitrogens is 2. The molecule has 16 aromatic rings. The number of fused-ring (bicyclic) bond motifs is 16. The molecule has 18 rings (SSSR count). The molecule has 2 aromatic heterocycles. The molecule has 0 aliphatic heterocycles. The van der Waals surface area contributed by atoms with E-state index in [2.05, 4.69) is 383 Å². The van der Waals surface area contributed by atoms with Gasteiger partial charge in [-0.25, -0.2) is 0 Å². The summed E-state index contributed by atoms with van der Waals surface area (Å²) in [5.41, 5.74) is 31.6. The lowest BCUT2D eigenvalue weighted by Gasteiger charge is -2.36. The molecule has 98 heavy (non-hydrogen) atoms. The molecule has 0 amide bonds. The van der Waals surface area contributed by atoms with Crippen LogP contribution in [0.25, 0.3) is 122 Å². The highest BCUT2D eigenvalue weighted by Gasteiger charge is 2.52. The molecule has 2 heterocycles. The molecule has 0 bridgehead atoms. The van der Waals surface area contributed by atoms with E-state index in [4.69, 9.17) is 0 Å². The topological polar surface area (TPSA) is 13.1 Å².